The maximum Gasteiger partial charge on any atom is 0.277 e. The molecule has 14 heteroatoms. The summed E-state index contributed by atoms with van der Waals surface area (Å²) < 4.78 is 71.6. The summed E-state index contributed by atoms with van der Waals surface area (Å²) in [5.41, 5.74) is 13.4. The van der Waals surface area contributed by atoms with Crippen LogP contribution >= 0.6 is 0 Å². The number of hydrogen-bond acceptors (Lipinski definition) is 9. The van der Waals surface area contributed by atoms with Gasteiger partial charge in [0.2, 0.25) is 0 Å². The van der Waals surface area contributed by atoms with Crippen LogP contribution in [0, 0.1) is 0 Å². The Bertz CT molecular complexity index is 3440. The van der Waals surface area contributed by atoms with Gasteiger partial charge in [-0.3, -0.25) is 9.13 Å². The number of fused-ring (bicyclic) bond motifs is 2. The summed E-state index contributed by atoms with van der Waals surface area (Å²) in [6.45, 7) is 0. The number of aromatic nitrogens is 4. The van der Waals surface area contributed by atoms with Crippen LogP contribution in [0.2, 0.25) is 0 Å². The summed E-state index contributed by atoms with van der Waals surface area (Å²) in [6, 6.07) is 61.2. The molecule has 66 heavy (non-hydrogen) atoms. The minimum Gasteiger partial charge on any atom is -0.497 e. The number of benzene rings is 8. The zero-order valence-electron chi connectivity index (χ0n) is 35.7. The van der Waals surface area contributed by atoms with Crippen LogP contribution in [0.1, 0.15) is 0 Å². The van der Waals surface area contributed by atoms with Crippen molar-refractivity contribution in [1.82, 2.24) is 19.1 Å². The van der Waals surface area contributed by atoms with E-state index < -0.39 is 20.0 Å². The largest absolute Gasteiger partial charge is 0.497 e. The lowest BCUT2D eigenvalue weighted by Gasteiger charge is -2.24. The topological polar surface area (TPSA) is 152 Å². The van der Waals surface area contributed by atoms with Gasteiger partial charge in [0.05, 0.1) is 51.8 Å². The van der Waals surface area contributed by atoms with Crippen LogP contribution in [0.15, 0.2) is 216 Å². The monoisotopic (exact) mass is 910 g/mol. The fourth-order valence-corrected chi connectivity index (χ4v) is 11.3. The third kappa shape index (κ3) is 8.33. The van der Waals surface area contributed by atoms with Gasteiger partial charge in [0, 0.05) is 28.2 Å². The van der Waals surface area contributed by atoms with Crippen molar-refractivity contribution in [2.45, 2.75) is 9.79 Å². The number of ether oxygens (including phenoxy) is 2. The van der Waals surface area contributed by atoms with Crippen LogP contribution in [-0.2, 0) is 20.0 Å². The summed E-state index contributed by atoms with van der Waals surface area (Å²) in [5, 5.41) is 0. The smallest absolute Gasteiger partial charge is 0.277 e. The van der Waals surface area contributed by atoms with Crippen molar-refractivity contribution >= 4 is 53.5 Å². The number of nitrogens with zero attached hydrogens (tertiary/aromatic N) is 5. The molecule has 0 aliphatic carbocycles. The number of methoxy groups -OCH3 is 2. The second-order valence-corrected chi connectivity index (χ2v) is 18.7. The number of nitrogen functional groups attached to an aromatic ring is 1. The Hall–Kier alpha value is -8.20. The van der Waals surface area contributed by atoms with Gasteiger partial charge in [-0.15, -0.1) is 0 Å². The molecule has 2 aromatic heterocycles. The Morgan fingerprint density at radius 1 is 0.455 bits per heavy atom. The van der Waals surface area contributed by atoms with Crippen LogP contribution in [-0.4, -0.2) is 50.2 Å². The molecule has 0 spiro atoms. The third-order valence-corrected chi connectivity index (χ3v) is 15.0. The number of para-hydroxylation sites is 2. The van der Waals surface area contributed by atoms with Gasteiger partial charge in [-0.1, -0.05) is 97.1 Å². The van der Waals surface area contributed by atoms with Crippen molar-refractivity contribution in [3.8, 4) is 45.6 Å². The molecule has 0 bridgehead atoms. The normalized spacial score (nSPS) is 11.5. The highest BCUT2D eigenvalue weighted by molar-refractivity contribution is 8.10. The molecule has 0 atom stereocenters. The molecular weight excluding hydrogens is 869 g/mol. The fourth-order valence-electron chi connectivity index (χ4n) is 7.61. The standard InChI is InChI=1S/C33H27N3O6S2.C19H15N3/c1-41-27-14-18-29(19-15-27)43(37,38)36(44(39,40)30-20-16-28(42-2)17-21-30)26-13-22-32-31(23-26)34-33(24-9-5-3-6-10-24)35(32)25-11-7-4-8-12-25;20-15-11-12-18-17(13-15)21-19(14-7-3-1-4-8-14)22(18)16-9-5-2-6-10-16/h3-23H,1-2H3;1-13H,20H2. The predicted molar refractivity (Wildman–Crippen MR) is 260 cm³/mol. The van der Waals surface area contributed by atoms with Gasteiger partial charge in [-0.25, -0.2) is 26.8 Å². The molecule has 10 aromatic rings. The van der Waals surface area contributed by atoms with E-state index in [0.717, 1.165) is 45.0 Å². The Balaban J connectivity index is 0.000000207. The molecule has 0 unspecified atom stereocenters. The molecule has 8 aromatic carbocycles. The number of sulfonamides is 2. The lowest BCUT2D eigenvalue weighted by molar-refractivity contribution is 0.414. The number of hydrogen-bond donors (Lipinski definition) is 1. The maximum atomic E-state index is 14.2. The molecule has 0 saturated carbocycles. The second-order valence-electron chi connectivity index (χ2n) is 14.9. The first kappa shape index (κ1) is 43.1. The highest BCUT2D eigenvalue weighted by Gasteiger charge is 2.37. The molecule has 0 fully saturated rings. The Morgan fingerprint density at radius 2 is 0.833 bits per heavy atom. The zero-order valence-corrected chi connectivity index (χ0v) is 37.3. The average Bonchev–Trinajstić information content (AvgIpc) is 3.94. The Kier molecular flexibility index (Phi) is 11.8. The number of imidazole rings is 2. The summed E-state index contributed by atoms with van der Waals surface area (Å²) in [6.07, 6.45) is 0. The number of anilines is 2. The summed E-state index contributed by atoms with van der Waals surface area (Å²) in [5.74, 6) is 2.39. The van der Waals surface area contributed by atoms with Crippen LogP contribution in [0.3, 0.4) is 0 Å². The van der Waals surface area contributed by atoms with Gasteiger partial charge in [0.1, 0.15) is 23.1 Å². The summed E-state index contributed by atoms with van der Waals surface area (Å²) in [4.78, 5) is 9.22. The first-order chi connectivity index (χ1) is 32.1. The van der Waals surface area contributed by atoms with Crippen LogP contribution in [0.4, 0.5) is 11.4 Å². The summed E-state index contributed by atoms with van der Waals surface area (Å²) in [7, 11) is -6.39. The number of nitrogens with two attached hydrogens (primary N) is 1. The van der Waals surface area contributed by atoms with Gasteiger partial charge in [-0.2, -0.15) is 3.71 Å². The minimum atomic E-state index is -4.65. The van der Waals surface area contributed by atoms with Crippen LogP contribution in [0.5, 0.6) is 11.5 Å². The predicted octanol–water partition coefficient (Wildman–Crippen LogP) is 10.6. The molecule has 0 aliphatic heterocycles. The zero-order chi connectivity index (χ0) is 45.8. The second kappa shape index (κ2) is 18.1. The van der Waals surface area contributed by atoms with E-state index in [-0.39, 0.29) is 15.5 Å². The van der Waals surface area contributed by atoms with E-state index in [1.54, 1.807) is 6.07 Å². The first-order valence-electron chi connectivity index (χ1n) is 20.7. The Labute approximate surface area is 382 Å². The average molecular weight is 911 g/mol. The molecule has 0 radical (unpaired) electrons. The molecule has 2 N–H and O–H groups in total. The van der Waals surface area contributed by atoms with Crippen molar-refractivity contribution in [2.24, 2.45) is 0 Å². The lowest BCUT2D eigenvalue weighted by Crippen LogP contribution is -2.37. The van der Waals surface area contributed by atoms with E-state index in [0.29, 0.717) is 32.1 Å². The molecule has 0 aliphatic rings. The van der Waals surface area contributed by atoms with Crippen molar-refractivity contribution in [3.63, 3.8) is 0 Å². The van der Waals surface area contributed by atoms with Crippen molar-refractivity contribution in [1.29, 1.82) is 0 Å². The summed E-state index contributed by atoms with van der Waals surface area (Å²) >= 11 is 0. The quantitative estimate of drug-likeness (QED) is 0.125. The van der Waals surface area contributed by atoms with Crippen molar-refractivity contribution < 1.29 is 26.3 Å². The fraction of sp³-hybridized carbons (Fsp3) is 0.0385. The van der Waals surface area contributed by atoms with E-state index in [1.807, 2.05) is 120 Å². The number of rotatable bonds is 11. The molecule has 0 amide bonds. The van der Waals surface area contributed by atoms with E-state index in [1.165, 1.54) is 74.9 Å². The van der Waals surface area contributed by atoms with Gasteiger partial charge in [-0.05, 0) is 109 Å². The van der Waals surface area contributed by atoms with E-state index in [2.05, 4.69) is 28.8 Å². The molecule has 328 valence electrons. The van der Waals surface area contributed by atoms with E-state index in [9.17, 15) is 16.8 Å². The molecule has 12 nitrogen and oxygen atoms in total. The maximum absolute atomic E-state index is 14.2. The first-order valence-corrected chi connectivity index (χ1v) is 23.6. The molecule has 10 rings (SSSR count). The minimum absolute atomic E-state index is 0.0959. The third-order valence-electron chi connectivity index (χ3n) is 10.8. The van der Waals surface area contributed by atoms with Gasteiger partial charge in [0.25, 0.3) is 20.0 Å². The van der Waals surface area contributed by atoms with E-state index in [4.69, 9.17) is 25.2 Å². The van der Waals surface area contributed by atoms with Gasteiger partial charge in [0.15, 0.2) is 0 Å². The van der Waals surface area contributed by atoms with Crippen LogP contribution in [0.25, 0.3) is 56.2 Å². The van der Waals surface area contributed by atoms with Crippen molar-refractivity contribution in [3.05, 3.63) is 206 Å². The molecule has 2 heterocycles. The van der Waals surface area contributed by atoms with Gasteiger partial charge < -0.3 is 15.2 Å². The van der Waals surface area contributed by atoms with Gasteiger partial charge >= 0.3 is 0 Å². The molecule has 0 saturated heterocycles. The lowest BCUT2D eigenvalue weighted by atomic mass is 10.2. The van der Waals surface area contributed by atoms with Crippen LogP contribution < -0.4 is 18.9 Å². The Morgan fingerprint density at radius 3 is 1.24 bits per heavy atom. The van der Waals surface area contributed by atoms with E-state index >= 15 is 0 Å². The highest BCUT2D eigenvalue weighted by atomic mass is 32.3. The van der Waals surface area contributed by atoms with Crippen molar-refractivity contribution in [2.75, 3.05) is 23.7 Å². The highest BCUT2D eigenvalue weighted by Crippen LogP contribution is 2.36. The SMILES string of the molecule is COc1ccc(S(=O)(=O)N(c2ccc3c(c2)nc(-c2ccccc2)n3-c2ccccc2)S(=O)(=O)c2ccc(OC)cc2)cc1.Nc1ccc2c(c1)nc(-c1ccccc1)n2-c1ccccc1. The molecular formula is C52H42N6O6S2.